The van der Waals surface area contributed by atoms with Crippen LogP contribution in [0.25, 0.3) is 0 Å². The lowest BCUT2D eigenvalue weighted by molar-refractivity contribution is -0.0561. The van der Waals surface area contributed by atoms with Crippen molar-refractivity contribution in [1.82, 2.24) is 0 Å². The molecule has 4 rings (SSSR count). The van der Waals surface area contributed by atoms with Gasteiger partial charge in [-0.1, -0.05) is 67.7 Å². The molecule has 2 aromatic carbocycles. The van der Waals surface area contributed by atoms with E-state index in [-0.39, 0.29) is 33.7 Å². The number of ether oxygens (including phenoxy) is 3. The smallest absolute Gasteiger partial charge is 0.123 e. The van der Waals surface area contributed by atoms with Gasteiger partial charge in [0.1, 0.15) is 23.7 Å². The predicted molar refractivity (Wildman–Crippen MR) is 187 cm³/mol. The zero-order chi connectivity index (χ0) is 29.0. The Hall–Kier alpha value is -0.106. The van der Waals surface area contributed by atoms with Crippen molar-refractivity contribution in [2.45, 2.75) is 127 Å². The van der Waals surface area contributed by atoms with Crippen LogP contribution < -0.4 is 9.47 Å². The number of fused-ring (bicyclic) bond motifs is 2. The van der Waals surface area contributed by atoms with E-state index < -0.39 is 16.1 Å². The first-order valence-corrected chi connectivity index (χ1v) is 22.8. The molecule has 7 heteroatoms. The van der Waals surface area contributed by atoms with Gasteiger partial charge in [0.2, 0.25) is 0 Å². The molecule has 2 aliphatic rings. The molecule has 0 saturated heterocycles. The second-order valence-electron chi connectivity index (χ2n) is 14.8. The number of hydrogen-bond acceptors (Lipinski definition) is 3. The zero-order valence-corrected chi connectivity index (χ0v) is 31.9. The number of aryl methyl sites for hydroxylation is 2. The van der Waals surface area contributed by atoms with E-state index in [2.05, 4.69) is 149 Å². The van der Waals surface area contributed by atoms with Crippen LogP contribution >= 0.6 is 45.2 Å². The van der Waals surface area contributed by atoms with Gasteiger partial charge >= 0.3 is 0 Å². The highest BCUT2D eigenvalue weighted by Gasteiger charge is 2.54. The van der Waals surface area contributed by atoms with E-state index in [1.807, 2.05) is 0 Å². The fraction of sp³-hybridized carbons (Fsp3) is 0.625. The van der Waals surface area contributed by atoms with Crippen molar-refractivity contribution in [1.29, 1.82) is 0 Å². The molecule has 0 spiro atoms. The van der Waals surface area contributed by atoms with Crippen molar-refractivity contribution < 1.29 is 14.2 Å². The van der Waals surface area contributed by atoms with Crippen molar-refractivity contribution in [3.63, 3.8) is 0 Å². The summed E-state index contributed by atoms with van der Waals surface area (Å²) in [5.74, 6) is 2.08. The standard InChI is InChI=1S/C32H48I2O3Si2/c1-31(2,3)38(7,8)29(27-15-11-21-19-23(33)13-17-25(21)35-27)37-30(39(9,10)32(4,5)6)28-16-12-22-20-24(34)14-18-26(22)36-28/h13-14,17-20,27-30H,11-12,15-16H2,1-10H3/t27-,28-,29?,30?/m1/s1. The van der Waals surface area contributed by atoms with Crippen LogP contribution in [0.2, 0.25) is 36.3 Å². The van der Waals surface area contributed by atoms with Crippen LogP contribution in [0, 0.1) is 7.14 Å². The molecular formula is C32H48I2O3Si2. The minimum absolute atomic E-state index is 0.0585. The van der Waals surface area contributed by atoms with Gasteiger partial charge in [-0.25, -0.2) is 0 Å². The van der Waals surface area contributed by atoms with Crippen LogP contribution in [0.5, 0.6) is 11.5 Å². The van der Waals surface area contributed by atoms with E-state index in [0.717, 1.165) is 37.2 Å². The molecule has 216 valence electrons. The summed E-state index contributed by atoms with van der Waals surface area (Å²) in [5.41, 5.74) is 2.81. The highest BCUT2D eigenvalue weighted by atomic mass is 127. The van der Waals surface area contributed by atoms with Crippen molar-refractivity contribution in [3.8, 4) is 11.5 Å². The van der Waals surface area contributed by atoms with E-state index in [4.69, 9.17) is 14.2 Å². The molecule has 0 bridgehead atoms. The largest absolute Gasteiger partial charge is 0.488 e. The molecule has 0 aliphatic carbocycles. The van der Waals surface area contributed by atoms with E-state index in [0.29, 0.717) is 0 Å². The average Bonchev–Trinajstić information content (AvgIpc) is 2.82. The Morgan fingerprint density at radius 3 is 1.38 bits per heavy atom. The molecule has 0 N–H and O–H groups in total. The van der Waals surface area contributed by atoms with Crippen LogP contribution in [-0.2, 0) is 17.6 Å². The summed E-state index contributed by atoms with van der Waals surface area (Å²) in [6.07, 6.45) is 4.21. The lowest BCUT2D eigenvalue weighted by atomic mass is 10.0. The first kappa shape index (κ1) is 31.8. The van der Waals surface area contributed by atoms with Gasteiger partial charge < -0.3 is 14.2 Å². The van der Waals surface area contributed by atoms with Gasteiger partial charge in [-0.05, 0) is 128 Å². The summed E-state index contributed by atoms with van der Waals surface area (Å²) in [6.45, 7) is 24.5. The summed E-state index contributed by atoms with van der Waals surface area (Å²) < 4.78 is 23.9. The van der Waals surface area contributed by atoms with Crippen molar-refractivity contribution >= 4 is 61.3 Å². The summed E-state index contributed by atoms with van der Waals surface area (Å²) in [6, 6.07) is 13.2. The fourth-order valence-corrected chi connectivity index (χ4v) is 11.9. The van der Waals surface area contributed by atoms with Gasteiger partial charge in [-0.2, -0.15) is 0 Å². The van der Waals surface area contributed by atoms with Crippen molar-refractivity contribution in [3.05, 3.63) is 54.7 Å². The normalized spacial score (nSPS) is 21.7. The first-order chi connectivity index (χ1) is 17.9. The van der Waals surface area contributed by atoms with Gasteiger partial charge in [-0.15, -0.1) is 0 Å². The maximum Gasteiger partial charge on any atom is 0.123 e. The Labute approximate surface area is 266 Å². The molecule has 2 unspecified atom stereocenters. The second-order valence-corrected chi connectivity index (χ2v) is 28.3. The Bertz CT molecular complexity index is 1090. The van der Waals surface area contributed by atoms with Crippen LogP contribution in [0.15, 0.2) is 36.4 Å². The summed E-state index contributed by atoms with van der Waals surface area (Å²) in [7, 11) is -3.96. The van der Waals surface area contributed by atoms with Gasteiger partial charge in [0.25, 0.3) is 0 Å². The molecule has 2 heterocycles. The van der Waals surface area contributed by atoms with Gasteiger partial charge in [-0.3, -0.25) is 0 Å². The van der Waals surface area contributed by atoms with Crippen molar-refractivity contribution in [2.24, 2.45) is 0 Å². The molecule has 0 radical (unpaired) electrons. The quantitative estimate of drug-likeness (QED) is 0.216. The average molecular weight is 791 g/mol. The van der Waals surface area contributed by atoms with E-state index in [9.17, 15) is 0 Å². The monoisotopic (exact) mass is 790 g/mol. The van der Waals surface area contributed by atoms with E-state index in [1.165, 1.54) is 18.3 Å². The first-order valence-electron chi connectivity index (χ1n) is 14.5. The van der Waals surface area contributed by atoms with Gasteiger partial charge in [0, 0.05) is 7.14 Å². The second kappa shape index (κ2) is 11.5. The highest BCUT2D eigenvalue weighted by Crippen LogP contribution is 2.47. The number of halogens is 2. The lowest BCUT2D eigenvalue weighted by Gasteiger charge is -2.52. The number of rotatable bonds is 6. The van der Waals surface area contributed by atoms with E-state index in [1.54, 1.807) is 0 Å². The Kier molecular flexibility index (Phi) is 9.40. The molecule has 2 aromatic rings. The Morgan fingerprint density at radius 2 is 1.05 bits per heavy atom. The minimum Gasteiger partial charge on any atom is -0.488 e. The third-order valence-electron chi connectivity index (χ3n) is 10.3. The molecule has 2 aliphatic heterocycles. The molecule has 39 heavy (non-hydrogen) atoms. The fourth-order valence-electron chi connectivity index (χ4n) is 5.64. The summed E-state index contributed by atoms with van der Waals surface area (Å²) >= 11 is 4.81. The van der Waals surface area contributed by atoms with Crippen LogP contribution in [0.4, 0.5) is 0 Å². The molecule has 0 saturated carbocycles. The molecular weight excluding hydrogens is 742 g/mol. The van der Waals surface area contributed by atoms with Crippen LogP contribution in [-0.4, -0.2) is 39.8 Å². The molecule has 3 nitrogen and oxygen atoms in total. The maximum absolute atomic E-state index is 7.66. The zero-order valence-electron chi connectivity index (χ0n) is 25.6. The summed E-state index contributed by atoms with van der Waals surface area (Å²) in [4.78, 5) is 0. The SMILES string of the molecule is CC(C)(C)[Si](C)(C)C(OC([C@H]1CCc2cc(I)ccc2O1)[Si](C)(C)C(C)(C)C)[C@H]1CCc2cc(I)ccc2O1. The minimum atomic E-state index is -1.98. The number of benzene rings is 2. The lowest BCUT2D eigenvalue weighted by Crippen LogP contribution is -2.65. The Morgan fingerprint density at radius 1 is 0.692 bits per heavy atom. The summed E-state index contributed by atoms with van der Waals surface area (Å²) in [5, 5.41) is 0.337. The van der Waals surface area contributed by atoms with E-state index >= 15 is 0 Å². The van der Waals surface area contributed by atoms with Crippen LogP contribution in [0.1, 0.15) is 65.5 Å². The third kappa shape index (κ3) is 6.62. The third-order valence-corrected chi connectivity index (χ3v) is 23.2. The van der Waals surface area contributed by atoms with Gasteiger partial charge in [0.05, 0.1) is 27.6 Å². The molecule has 0 amide bonds. The molecule has 0 aromatic heterocycles. The number of hydrogen-bond donors (Lipinski definition) is 0. The predicted octanol–water partition coefficient (Wildman–Crippen LogP) is 9.83. The van der Waals surface area contributed by atoms with Crippen molar-refractivity contribution in [2.75, 3.05) is 0 Å². The Balaban J connectivity index is 1.74. The highest BCUT2D eigenvalue weighted by molar-refractivity contribution is 14.1. The molecule has 0 fully saturated rings. The van der Waals surface area contributed by atoms with Crippen LogP contribution in [0.3, 0.4) is 0 Å². The topological polar surface area (TPSA) is 27.7 Å². The molecule has 4 atom stereocenters. The van der Waals surface area contributed by atoms with Gasteiger partial charge in [0.15, 0.2) is 0 Å². The maximum atomic E-state index is 7.66.